The molecule has 0 amide bonds. The summed E-state index contributed by atoms with van der Waals surface area (Å²) in [5, 5.41) is 20.0. The van der Waals surface area contributed by atoms with Crippen molar-refractivity contribution in [3.05, 3.63) is 88.5 Å². The number of aliphatic hydroxyl groups excluding tert-OH is 1. The second kappa shape index (κ2) is 12.0. The van der Waals surface area contributed by atoms with Crippen LogP contribution < -0.4 is 0 Å². The van der Waals surface area contributed by atoms with Gasteiger partial charge in [-0.2, -0.15) is 0 Å². The van der Waals surface area contributed by atoms with Gasteiger partial charge >= 0.3 is 0 Å². The first kappa shape index (κ1) is 25.6. The summed E-state index contributed by atoms with van der Waals surface area (Å²) in [5.74, 6) is 0.279. The Morgan fingerprint density at radius 2 is 1.91 bits per heavy atom. The number of fused-ring (bicyclic) bond motifs is 1. The molecule has 1 aliphatic heterocycles. The smallest absolute Gasteiger partial charge is 0.115 e. The highest BCUT2D eigenvalue weighted by Gasteiger charge is 2.36. The van der Waals surface area contributed by atoms with E-state index < -0.39 is 0 Å². The van der Waals surface area contributed by atoms with E-state index in [2.05, 4.69) is 48.2 Å². The molecule has 4 atom stereocenters. The summed E-state index contributed by atoms with van der Waals surface area (Å²) in [4.78, 5) is 2.52. The number of rotatable bonds is 10. The molecule has 0 saturated carbocycles. The van der Waals surface area contributed by atoms with Gasteiger partial charge in [-0.3, -0.25) is 4.90 Å². The van der Waals surface area contributed by atoms with Crippen LogP contribution in [0.1, 0.15) is 48.9 Å². The van der Waals surface area contributed by atoms with E-state index >= 15 is 0 Å². The molecule has 1 aliphatic carbocycles. The number of hydrogen-bond donors (Lipinski definition) is 2. The molecule has 2 N–H and O–H groups in total. The van der Waals surface area contributed by atoms with Crippen molar-refractivity contribution in [3.63, 3.8) is 0 Å². The van der Waals surface area contributed by atoms with E-state index in [4.69, 9.17) is 9.47 Å². The number of hydrogen-bond acceptors (Lipinski definition) is 5. The molecule has 1 saturated heterocycles. The van der Waals surface area contributed by atoms with Gasteiger partial charge in [-0.05, 0) is 84.7 Å². The Balaban J connectivity index is 1.58. The molecule has 2 aliphatic rings. The van der Waals surface area contributed by atoms with Gasteiger partial charge < -0.3 is 19.7 Å². The number of methoxy groups -OCH3 is 1. The number of benzene rings is 2. The Hall–Kier alpha value is -2.44. The number of aryl methyl sites for hydroxylation is 1. The van der Waals surface area contributed by atoms with Crippen LogP contribution in [0, 0.1) is 6.92 Å². The van der Waals surface area contributed by atoms with Crippen molar-refractivity contribution in [1.29, 1.82) is 0 Å². The molecular formula is C30H39NO4. The van der Waals surface area contributed by atoms with Crippen LogP contribution in [0.5, 0.6) is 5.75 Å². The number of piperidine rings is 1. The average molecular weight is 478 g/mol. The monoisotopic (exact) mass is 477 g/mol. The van der Waals surface area contributed by atoms with E-state index in [0.29, 0.717) is 6.61 Å². The first-order chi connectivity index (χ1) is 17.0. The third-order valence-corrected chi connectivity index (χ3v) is 7.32. The third kappa shape index (κ3) is 6.22. The van der Waals surface area contributed by atoms with Crippen LogP contribution in [-0.2, 0) is 15.9 Å². The Labute approximate surface area is 209 Å². The highest BCUT2D eigenvalue weighted by Crippen LogP contribution is 2.43. The zero-order valence-corrected chi connectivity index (χ0v) is 21.2. The number of nitrogens with zero attached hydrogens (tertiary/aromatic N) is 1. The Kier molecular flexibility index (Phi) is 8.79. The molecule has 4 rings (SSSR count). The lowest BCUT2D eigenvalue weighted by Crippen LogP contribution is -2.41. The fourth-order valence-corrected chi connectivity index (χ4v) is 5.24. The van der Waals surface area contributed by atoms with Gasteiger partial charge in [0.1, 0.15) is 18.0 Å². The highest BCUT2D eigenvalue weighted by molar-refractivity contribution is 5.48. The SMILES string of the molecule is CCC(O)CCN1CCC2=CC(OC)C(OCCc3cccc(O)c3)C=C2C1c1ccccc1C. The third-order valence-electron chi connectivity index (χ3n) is 7.32. The number of phenols is 1. The molecule has 2 aromatic rings. The Morgan fingerprint density at radius 1 is 1.09 bits per heavy atom. The minimum absolute atomic E-state index is 0.121. The van der Waals surface area contributed by atoms with E-state index in [0.717, 1.165) is 44.3 Å². The van der Waals surface area contributed by atoms with Crippen molar-refractivity contribution < 1.29 is 19.7 Å². The number of phenolic OH excluding ortho intramolecular Hbond substituents is 1. The van der Waals surface area contributed by atoms with Gasteiger partial charge in [0, 0.05) is 20.2 Å². The topological polar surface area (TPSA) is 62.2 Å². The molecule has 4 unspecified atom stereocenters. The molecule has 5 nitrogen and oxygen atoms in total. The highest BCUT2D eigenvalue weighted by atomic mass is 16.5. The standard InChI is InChI=1S/C30H39NO4/c1-4-24(32)13-16-31-15-12-23-19-28(34-3)29(35-17-14-22-9-7-10-25(33)18-22)20-27(23)30(31)26-11-6-5-8-21(26)2/h5-11,18-20,24,28-30,32-33H,4,12-17H2,1-3H3. The number of ether oxygens (including phenoxy) is 2. The molecule has 0 radical (unpaired) electrons. The molecule has 5 heteroatoms. The van der Waals surface area contributed by atoms with E-state index in [9.17, 15) is 10.2 Å². The first-order valence-corrected chi connectivity index (χ1v) is 12.8. The molecule has 35 heavy (non-hydrogen) atoms. The normalized spacial score (nSPS) is 23.4. The average Bonchev–Trinajstić information content (AvgIpc) is 2.87. The fourth-order valence-electron chi connectivity index (χ4n) is 5.24. The van der Waals surface area contributed by atoms with Crippen LogP contribution in [0.4, 0.5) is 0 Å². The maximum atomic E-state index is 10.2. The predicted molar refractivity (Wildman–Crippen MR) is 140 cm³/mol. The molecular weight excluding hydrogens is 438 g/mol. The second-order valence-corrected chi connectivity index (χ2v) is 9.67. The van der Waals surface area contributed by atoms with Gasteiger partial charge in [-0.25, -0.2) is 0 Å². The minimum atomic E-state index is -0.267. The zero-order valence-electron chi connectivity index (χ0n) is 21.2. The van der Waals surface area contributed by atoms with Gasteiger partial charge in [0.05, 0.1) is 18.8 Å². The molecule has 1 heterocycles. The number of likely N-dealkylation sites (tertiary alicyclic amines) is 1. The summed E-state index contributed by atoms with van der Waals surface area (Å²) in [7, 11) is 1.74. The molecule has 0 bridgehead atoms. The van der Waals surface area contributed by atoms with E-state index in [-0.39, 0.29) is 30.1 Å². The number of aliphatic hydroxyl groups is 1. The van der Waals surface area contributed by atoms with Gasteiger partial charge in [0.2, 0.25) is 0 Å². The lowest BCUT2D eigenvalue weighted by atomic mass is 9.80. The van der Waals surface area contributed by atoms with Gasteiger partial charge in [-0.1, -0.05) is 43.3 Å². The van der Waals surface area contributed by atoms with Crippen LogP contribution in [0.2, 0.25) is 0 Å². The maximum absolute atomic E-state index is 10.2. The summed E-state index contributed by atoms with van der Waals surface area (Å²) in [5.41, 5.74) is 6.27. The second-order valence-electron chi connectivity index (χ2n) is 9.67. The minimum Gasteiger partial charge on any atom is -0.508 e. The summed E-state index contributed by atoms with van der Waals surface area (Å²) < 4.78 is 12.2. The van der Waals surface area contributed by atoms with Crippen molar-refractivity contribution in [1.82, 2.24) is 4.90 Å². The van der Waals surface area contributed by atoms with Gasteiger partial charge in [0.15, 0.2) is 0 Å². The fraction of sp³-hybridized carbons (Fsp3) is 0.467. The van der Waals surface area contributed by atoms with Crippen molar-refractivity contribution in [3.8, 4) is 5.75 Å². The Morgan fingerprint density at radius 3 is 2.66 bits per heavy atom. The summed E-state index contributed by atoms with van der Waals surface area (Å²) >= 11 is 0. The van der Waals surface area contributed by atoms with Crippen LogP contribution >= 0.6 is 0 Å². The molecule has 1 fully saturated rings. The van der Waals surface area contributed by atoms with Crippen molar-refractivity contribution >= 4 is 0 Å². The van der Waals surface area contributed by atoms with Gasteiger partial charge in [-0.15, -0.1) is 0 Å². The summed E-state index contributed by atoms with van der Waals surface area (Å²) in [6.45, 7) is 6.57. The summed E-state index contributed by atoms with van der Waals surface area (Å²) in [6.07, 6.45) is 7.19. The van der Waals surface area contributed by atoms with E-state index in [1.807, 2.05) is 19.1 Å². The van der Waals surface area contributed by atoms with Crippen molar-refractivity contribution in [2.45, 2.75) is 63.9 Å². The van der Waals surface area contributed by atoms with Crippen LogP contribution in [-0.4, -0.2) is 60.2 Å². The van der Waals surface area contributed by atoms with Crippen molar-refractivity contribution in [2.75, 3.05) is 26.8 Å². The molecule has 0 aromatic heterocycles. The zero-order chi connectivity index (χ0) is 24.8. The van der Waals surface area contributed by atoms with E-state index in [1.54, 1.807) is 19.2 Å². The lowest BCUT2D eigenvalue weighted by Gasteiger charge is -2.43. The quantitative estimate of drug-likeness (QED) is 0.498. The first-order valence-electron chi connectivity index (χ1n) is 12.8. The summed E-state index contributed by atoms with van der Waals surface area (Å²) in [6, 6.07) is 16.1. The predicted octanol–water partition coefficient (Wildman–Crippen LogP) is 5.12. The maximum Gasteiger partial charge on any atom is 0.115 e. The molecule has 188 valence electrons. The van der Waals surface area contributed by atoms with Crippen LogP contribution in [0.3, 0.4) is 0 Å². The molecule has 0 spiro atoms. The largest absolute Gasteiger partial charge is 0.508 e. The van der Waals surface area contributed by atoms with E-state index in [1.165, 1.54) is 22.3 Å². The Bertz CT molecular complexity index is 1050. The van der Waals surface area contributed by atoms with Crippen LogP contribution in [0.25, 0.3) is 0 Å². The lowest BCUT2D eigenvalue weighted by molar-refractivity contribution is -0.0120. The van der Waals surface area contributed by atoms with Gasteiger partial charge in [0.25, 0.3) is 0 Å². The van der Waals surface area contributed by atoms with Crippen molar-refractivity contribution in [2.24, 2.45) is 0 Å². The molecule has 2 aromatic carbocycles. The van der Waals surface area contributed by atoms with Crippen LogP contribution in [0.15, 0.2) is 71.8 Å². The number of aromatic hydroxyl groups is 1.